The molecule has 1 heterocycles. The number of nitrogens with one attached hydrogen (secondary N) is 1. The average Bonchev–Trinajstić information content (AvgIpc) is 2.68. The Labute approximate surface area is 113 Å². The van der Waals surface area contributed by atoms with Gasteiger partial charge in [0.15, 0.2) is 0 Å². The number of hydrogen-bond donors (Lipinski definition) is 2. The predicted molar refractivity (Wildman–Crippen MR) is 79.0 cm³/mol. The first-order valence-corrected chi connectivity index (χ1v) is 6.82. The second-order valence-corrected chi connectivity index (χ2v) is 6.20. The number of nitrogens with zero attached hydrogens (tertiary/aromatic N) is 2. The lowest BCUT2D eigenvalue weighted by molar-refractivity contribution is 0.378. The van der Waals surface area contributed by atoms with Crippen LogP contribution in [0.2, 0.25) is 0 Å². The van der Waals surface area contributed by atoms with Crippen LogP contribution in [0.15, 0.2) is 24.3 Å². The fraction of sp³-hybridized carbons (Fsp3) is 0.467. The van der Waals surface area contributed by atoms with Crippen LogP contribution in [0.5, 0.6) is 0 Å². The van der Waals surface area contributed by atoms with Crippen LogP contribution in [-0.4, -0.2) is 16.0 Å². The largest absolute Gasteiger partial charge is 0.368 e. The van der Waals surface area contributed by atoms with Gasteiger partial charge in [-0.1, -0.05) is 26.0 Å². The van der Waals surface area contributed by atoms with Crippen molar-refractivity contribution in [3.8, 4) is 0 Å². The van der Waals surface area contributed by atoms with Gasteiger partial charge in [-0.3, -0.25) is 0 Å². The smallest absolute Gasteiger partial charge is 0.222 e. The maximum atomic E-state index is 5.79. The summed E-state index contributed by atoms with van der Waals surface area (Å²) in [4.78, 5) is 8.63. The molecule has 1 aliphatic rings. The molecule has 1 unspecified atom stereocenters. The molecule has 0 spiro atoms. The van der Waals surface area contributed by atoms with E-state index in [1.54, 1.807) is 0 Å². The zero-order valence-corrected chi connectivity index (χ0v) is 11.5. The lowest BCUT2D eigenvalue weighted by Crippen LogP contribution is -2.19. The molecule has 0 saturated heterocycles. The van der Waals surface area contributed by atoms with Crippen LogP contribution in [0.25, 0.3) is 10.9 Å². The van der Waals surface area contributed by atoms with Gasteiger partial charge in [0.2, 0.25) is 5.95 Å². The fourth-order valence-electron chi connectivity index (χ4n) is 2.96. The van der Waals surface area contributed by atoms with Gasteiger partial charge in [0.25, 0.3) is 0 Å². The minimum absolute atomic E-state index is 0.332. The van der Waals surface area contributed by atoms with Crippen molar-refractivity contribution < 1.29 is 0 Å². The Hall–Kier alpha value is -1.84. The molecule has 1 aromatic heterocycles. The molecule has 19 heavy (non-hydrogen) atoms. The number of aromatic nitrogens is 2. The quantitative estimate of drug-likeness (QED) is 0.866. The number of rotatable bonds is 2. The van der Waals surface area contributed by atoms with Crippen LogP contribution >= 0.6 is 0 Å². The van der Waals surface area contributed by atoms with Crippen molar-refractivity contribution in [1.82, 2.24) is 9.97 Å². The van der Waals surface area contributed by atoms with E-state index in [9.17, 15) is 0 Å². The second-order valence-electron chi connectivity index (χ2n) is 6.20. The molecule has 1 fully saturated rings. The number of benzene rings is 1. The summed E-state index contributed by atoms with van der Waals surface area (Å²) in [6.45, 7) is 4.64. The van der Waals surface area contributed by atoms with Gasteiger partial charge in [-0.05, 0) is 36.8 Å². The maximum absolute atomic E-state index is 5.79. The third-order valence-electron chi connectivity index (χ3n) is 3.93. The number of hydrogen-bond acceptors (Lipinski definition) is 4. The molecule has 4 nitrogen and oxygen atoms in total. The molecule has 1 atom stereocenters. The summed E-state index contributed by atoms with van der Waals surface area (Å²) in [5.41, 5.74) is 7.11. The number of para-hydroxylation sites is 1. The molecule has 3 N–H and O–H groups in total. The van der Waals surface area contributed by atoms with Gasteiger partial charge in [-0.2, -0.15) is 4.98 Å². The minimum Gasteiger partial charge on any atom is -0.368 e. The van der Waals surface area contributed by atoms with E-state index in [2.05, 4.69) is 29.1 Å². The Bertz CT molecular complexity index is 606. The molecule has 4 heteroatoms. The summed E-state index contributed by atoms with van der Waals surface area (Å²) in [7, 11) is 0. The minimum atomic E-state index is 0.332. The predicted octanol–water partition coefficient (Wildman–Crippen LogP) is 3.20. The Kier molecular flexibility index (Phi) is 2.81. The third kappa shape index (κ3) is 2.48. The molecule has 3 rings (SSSR count). The van der Waals surface area contributed by atoms with Gasteiger partial charge in [-0.15, -0.1) is 0 Å². The van der Waals surface area contributed by atoms with Crippen molar-refractivity contribution in [3.63, 3.8) is 0 Å². The zero-order chi connectivity index (χ0) is 13.5. The molecule has 0 aliphatic heterocycles. The molecule has 1 aromatic carbocycles. The summed E-state index contributed by atoms with van der Waals surface area (Å²) in [6.07, 6.45) is 3.61. The molecule has 0 radical (unpaired) electrons. The summed E-state index contributed by atoms with van der Waals surface area (Å²) >= 11 is 0. The molecule has 1 aliphatic carbocycles. The SMILES string of the molecule is CC1(C)CCC(Nc2nc(N)nc3ccccc23)C1. The molecular formula is C15H20N4. The van der Waals surface area contributed by atoms with E-state index in [0.717, 1.165) is 16.7 Å². The van der Waals surface area contributed by atoms with Crippen molar-refractivity contribution in [1.29, 1.82) is 0 Å². The number of nitrogen functional groups attached to an aromatic ring is 1. The molecule has 2 aromatic rings. The number of anilines is 2. The van der Waals surface area contributed by atoms with Crippen LogP contribution in [-0.2, 0) is 0 Å². The standard InChI is InChI=1S/C15H20N4/c1-15(2)8-7-10(9-15)17-13-11-5-3-4-6-12(11)18-14(16)19-13/h3-6,10H,7-9H2,1-2H3,(H3,16,17,18,19). The van der Waals surface area contributed by atoms with E-state index >= 15 is 0 Å². The van der Waals surface area contributed by atoms with Gasteiger partial charge in [0.1, 0.15) is 5.82 Å². The van der Waals surface area contributed by atoms with Gasteiger partial charge < -0.3 is 11.1 Å². The highest BCUT2D eigenvalue weighted by atomic mass is 15.1. The maximum Gasteiger partial charge on any atom is 0.222 e. The Morgan fingerprint density at radius 3 is 2.79 bits per heavy atom. The van der Waals surface area contributed by atoms with Gasteiger partial charge in [0.05, 0.1) is 5.52 Å². The lowest BCUT2D eigenvalue weighted by atomic mass is 9.92. The lowest BCUT2D eigenvalue weighted by Gasteiger charge is -2.19. The number of nitrogens with two attached hydrogens (primary N) is 1. The number of fused-ring (bicyclic) bond motifs is 1. The third-order valence-corrected chi connectivity index (χ3v) is 3.93. The van der Waals surface area contributed by atoms with E-state index in [0.29, 0.717) is 17.4 Å². The summed E-state index contributed by atoms with van der Waals surface area (Å²) in [5.74, 6) is 1.20. The molecule has 0 amide bonds. The first kappa shape index (κ1) is 12.2. The van der Waals surface area contributed by atoms with Gasteiger partial charge in [0, 0.05) is 11.4 Å². The highest BCUT2D eigenvalue weighted by Gasteiger charge is 2.31. The van der Waals surface area contributed by atoms with Crippen LogP contribution in [0.1, 0.15) is 33.1 Å². The molecule has 1 saturated carbocycles. The molecule has 100 valence electrons. The Morgan fingerprint density at radius 2 is 2.05 bits per heavy atom. The molecule has 0 bridgehead atoms. The topological polar surface area (TPSA) is 63.8 Å². The van der Waals surface area contributed by atoms with Crippen LogP contribution in [0.3, 0.4) is 0 Å². The van der Waals surface area contributed by atoms with Crippen molar-refractivity contribution in [3.05, 3.63) is 24.3 Å². The summed E-state index contributed by atoms with van der Waals surface area (Å²) in [5, 5.41) is 4.59. The van der Waals surface area contributed by atoms with Crippen molar-refractivity contribution in [2.24, 2.45) is 5.41 Å². The van der Waals surface area contributed by atoms with Gasteiger partial charge >= 0.3 is 0 Å². The Balaban J connectivity index is 1.92. The van der Waals surface area contributed by atoms with Gasteiger partial charge in [-0.25, -0.2) is 4.98 Å². The van der Waals surface area contributed by atoms with E-state index < -0.39 is 0 Å². The van der Waals surface area contributed by atoms with E-state index in [1.165, 1.54) is 19.3 Å². The van der Waals surface area contributed by atoms with Crippen molar-refractivity contribution in [2.75, 3.05) is 11.1 Å². The van der Waals surface area contributed by atoms with Crippen molar-refractivity contribution in [2.45, 2.75) is 39.2 Å². The first-order valence-electron chi connectivity index (χ1n) is 6.82. The van der Waals surface area contributed by atoms with Crippen LogP contribution in [0.4, 0.5) is 11.8 Å². The van der Waals surface area contributed by atoms with Crippen LogP contribution < -0.4 is 11.1 Å². The first-order chi connectivity index (χ1) is 9.03. The summed E-state index contributed by atoms with van der Waals surface area (Å²) in [6, 6.07) is 8.46. The summed E-state index contributed by atoms with van der Waals surface area (Å²) < 4.78 is 0. The van der Waals surface area contributed by atoms with E-state index in [4.69, 9.17) is 5.73 Å². The highest BCUT2D eigenvalue weighted by molar-refractivity contribution is 5.89. The highest BCUT2D eigenvalue weighted by Crippen LogP contribution is 2.38. The van der Waals surface area contributed by atoms with Crippen LogP contribution in [0, 0.1) is 5.41 Å². The average molecular weight is 256 g/mol. The van der Waals surface area contributed by atoms with Crippen molar-refractivity contribution >= 4 is 22.7 Å². The Morgan fingerprint density at radius 1 is 1.26 bits per heavy atom. The normalized spacial score (nSPS) is 21.7. The van der Waals surface area contributed by atoms with E-state index in [1.807, 2.05) is 24.3 Å². The van der Waals surface area contributed by atoms with E-state index in [-0.39, 0.29) is 0 Å². The zero-order valence-electron chi connectivity index (χ0n) is 11.5. The second kappa shape index (κ2) is 4.37. The monoisotopic (exact) mass is 256 g/mol. The fourth-order valence-corrected chi connectivity index (χ4v) is 2.96. The molecular weight excluding hydrogens is 236 g/mol.